The Bertz CT molecular complexity index is 1060. The Balaban J connectivity index is 1.32. The van der Waals surface area contributed by atoms with Crippen molar-refractivity contribution in [2.75, 3.05) is 11.9 Å². The van der Waals surface area contributed by atoms with Gasteiger partial charge in [0.2, 0.25) is 11.8 Å². The zero-order valence-electron chi connectivity index (χ0n) is 16.3. The molecule has 1 aliphatic rings. The molecule has 0 radical (unpaired) electrons. The van der Waals surface area contributed by atoms with Gasteiger partial charge < -0.3 is 16.4 Å². The lowest BCUT2D eigenvalue weighted by Crippen LogP contribution is -2.33. The van der Waals surface area contributed by atoms with Gasteiger partial charge in [-0.2, -0.15) is 0 Å². The molecule has 1 atom stereocenters. The van der Waals surface area contributed by atoms with Gasteiger partial charge in [0, 0.05) is 18.7 Å². The third-order valence-electron chi connectivity index (χ3n) is 5.41. The fourth-order valence-corrected chi connectivity index (χ4v) is 3.86. The molecule has 0 saturated heterocycles. The molecule has 5 heteroatoms. The van der Waals surface area contributed by atoms with Crippen LogP contribution in [0.15, 0.2) is 60.7 Å². The zero-order chi connectivity index (χ0) is 20.2. The van der Waals surface area contributed by atoms with E-state index < -0.39 is 0 Å². The van der Waals surface area contributed by atoms with Gasteiger partial charge in [-0.3, -0.25) is 9.59 Å². The summed E-state index contributed by atoms with van der Waals surface area (Å²) in [6.45, 7) is 0.357. The molecule has 0 aliphatic carbocycles. The van der Waals surface area contributed by atoms with Crippen LogP contribution < -0.4 is 16.4 Å². The normalized spacial score (nSPS) is 13.8. The van der Waals surface area contributed by atoms with Crippen LogP contribution in [0, 0.1) is 0 Å². The summed E-state index contributed by atoms with van der Waals surface area (Å²) in [5.41, 5.74) is 10.0. The molecular weight excluding hydrogens is 362 g/mol. The molecule has 3 aromatic rings. The van der Waals surface area contributed by atoms with Gasteiger partial charge in [0.15, 0.2) is 0 Å². The molecule has 4 rings (SSSR count). The van der Waals surface area contributed by atoms with E-state index in [4.69, 9.17) is 5.73 Å². The minimum atomic E-state index is -0.191. The number of nitrogens with one attached hydrogen (secondary N) is 2. The van der Waals surface area contributed by atoms with Gasteiger partial charge in [-0.1, -0.05) is 48.5 Å². The largest absolute Gasteiger partial charge is 0.348 e. The Hall–Kier alpha value is -3.18. The van der Waals surface area contributed by atoms with Gasteiger partial charge in [0.05, 0.1) is 12.5 Å². The van der Waals surface area contributed by atoms with Crippen LogP contribution in [0.2, 0.25) is 0 Å². The fourth-order valence-electron chi connectivity index (χ4n) is 3.86. The summed E-state index contributed by atoms with van der Waals surface area (Å²) in [7, 11) is 0. The van der Waals surface area contributed by atoms with Crippen LogP contribution >= 0.6 is 0 Å². The minimum Gasteiger partial charge on any atom is -0.348 e. The van der Waals surface area contributed by atoms with Gasteiger partial charge in [0.25, 0.3) is 0 Å². The summed E-state index contributed by atoms with van der Waals surface area (Å²) in [4.78, 5) is 23.9. The molecule has 0 bridgehead atoms. The van der Waals surface area contributed by atoms with E-state index in [-0.39, 0.29) is 17.9 Å². The Morgan fingerprint density at radius 2 is 1.90 bits per heavy atom. The average molecular weight is 387 g/mol. The summed E-state index contributed by atoms with van der Waals surface area (Å²) in [5, 5.41) is 8.21. The van der Waals surface area contributed by atoms with Crippen molar-refractivity contribution in [2.24, 2.45) is 5.73 Å². The van der Waals surface area contributed by atoms with Gasteiger partial charge in [0.1, 0.15) is 0 Å². The van der Waals surface area contributed by atoms with Gasteiger partial charge in [-0.25, -0.2) is 0 Å². The van der Waals surface area contributed by atoms with Crippen LogP contribution in [-0.4, -0.2) is 18.4 Å². The summed E-state index contributed by atoms with van der Waals surface area (Å²) >= 11 is 0. The van der Waals surface area contributed by atoms with E-state index in [9.17, 15) is 9.59 Å². The monoisotopic (exact) mass is 387 g/mol. The summed E-state index contributed by atoms with van der Waals surface area (Å²) in [6.07, 6.45) is 2.44. The first-order chi connectivity index (χ1) is 14.1. The van der Waals surface area contributed by atoms with E-state index in [1.54, 1.807) is 0 Å². The Morgan fingerprint density at radius 1 is 1.07 bits per heavy atom. The third kappa shape index (κ3) is 4.46. The van der Waals surface area contributed by atoms with Crippen LogP contribution in [0.4, 0.5) is 5.69 Å². The van der Waals surface area contributed by atoms with Crippen molar-refractivity contribution < 1.29 is 9.59 Å². The van der Waals surface area contributed by atoms with Gasteiger partial charge in [-0.15, -0.1) is 0 Å². The van der Waals surface area contributed by atoms with Crippen molar-refractivity contribution in [3.05, 3.63) is 77.4 Å². The molecule has 1 aliphatic heterocycles. The maximum absolute atomic E-state index is 12.4. The highest BCUT2D eigenvalue weighted by molar-refractivity contribution is 5.99. The maximum Gasteiger partial charge on any atom is 0.228 e. The van der Waals surface area contributed by atoms with E-state index in [2.05, 4.69) is 41.0 Å². The topological polar surface area (TPSA) is 84.2 Å². The number of anilines is 1. The highest BCUT2D eigenvalue weighted by atomic mass is 16.2. The summed E-state index contributed by atoms with van der Waals surface area (Å²) in [6, 6.07) is 20.2. The Morgan fingerprint density at radius 3 is 2.72 bits per heavy atom. The fraction of sp³-hybridized carbons (Fsp3) is 0.250. The molecule has 29 heavy (non-hydrogen) atoms. The van der Waals surface area contributed by atoms with Crippen molar-refractivity contribution in [3.8, 4) is 0 Å². The van der Waals surface area contributed by atoms with E-state index in [1.165, 1.54) is 5.39 Å². The second-order valence-corrected chi connectivity index (χ2v) is 7.53. The lowest BCUT2D eigenvalue weighted by molar-refractivity contribution is -0.122. The number of hydrogen-bond donors (Lipinski definition) is 3. The first-order valence-corrected chi connectivity index (χ1v) is 10.0. The minimum absolute atomic E-state index is 0.00612. The molecule has 0 fully saturated rings. The van der Waals surface area contributed by atoms with Crippen molar-refractivity contribution in [1.29, 1.82) is 0 Å². The number of carbonyl (C=O) groups is 2. The molecule has 5 nitrogen and oxygen atoms in total. The summed E-state index contributed by atoms with van der Waals surface area (Å²) in [5.74, 6) is 0.0460. The van der Waals surface area contributed by atoms with Crippen LogP contribution in [0.5, 0.6) is 0 Å². The first-order valence-electron chi connectivity index (χ1n) is 10.0. The number of hydrogen-bond acceptors (Lipinski definition) is 3. The lowest BCUT2D eigenvalue weighted by atomic mass is 10.0. The van der Waals surface area contributed by atoms with E-state index in [1.807, 2.05) is 30.3 Å². The smallest absolute Gasteiger partial charge is 0.228 e. The molecule has 2 amide bonds. The van der Waals surface area contributed by atoms with Crippen molar-refractivity contribution in [2.45, 2.75) is 31.7 Å². The first kappa shape index (κ1) is 19.2. The van der Waals surface area contributed by atoms with Crippen molar-refractivity contribution >= 4 is 28.3 Å². The van der Waals surface area contributed by atoms with E-state index >= 15 is 0 Å². The number of rotatable bonds is 7. The summed E-state index contributed by atoms with van der Waals surface area (Å²) < 4.78 is 0. The standard InChI is InChI=1S/C24H25N3O2/c25-15-22(19-10-9-17-5-1-2-6-18(17)13-19)27-23(28)7-3-4-16-8-11-21-20(12-16)14-24(29)26-21/h1-2,5-6,8-13,22H,3-4,7,14-15,25H2,(H,26,29)(H,27,28). The van der Waals surface area contributed by atoms with Crippen LogP contribution in [-0.2, 0) is 22.4 Å². The van der Waals surface area contributed by atoms with E-state index in [0.717, 1.165) is 40.6 Å². The number of benzene rings is 3. The molecular formula is C24H25N3O2. The highest BCUT2D eigenvalue weighted by Gasteiger charge is 2.17. The molecule has 148 valence electrons. The number of amides is 2. The van der Waals surface area contributed by atoms with Gasteiger partial charge in [-0.05, 0) is 52.4 Å². The third-order valence-corrected chi connectivity index (χ3v) is 5.41. The molecule has 1 heterocycles. The number of nitrogens with two attached hydrogens (primary N) is 1. The van der Waals surface area contributed by atoms with Crippen LogP contribution in [0.1, 0.15) is 35.6 Å². The predicted molar refractivity (Wildman–Crippen MR) is 116 cm³/mol. The molecule has 3 aromatic carbocycles. The molecule has 0 saturated carbocycles. The maximum atomic E-state index is 12.4. The zero-order valence-corrected chi connectivity index (χ0v) is 16.3. The quantitative estimate of drug-likeness (QED) is 0.580. The predicted octanol–water partition coefficient (Wildman–Crippen LogP) is 3.47. The van der Waals surface area contributed by atoms with E-state index in [0.29, 0.717) is 19.4 Å². The number of fused-ring (bicyclic) bond motifs is 2. The number of carbonyl (C=O) groups excluding carboxylic acids is 2. The Kier molecular flexibility index (Phi) is 5.58. The van der Waals surface area contributed by atoms with Crippen LogP contribution in [0.3, 0.4) is 0 Å². The molecule has 0 spiro atoms. The molecule has 1 unspecified atom stereocenters. The Labute approximate surface area is 170 Å². The number of aryl methyl sites for hydroxylation is 1. The highest BCUT2D eigenvalue weighted by Crippen LogP contribution is 2.24. The second kappa shape index (κ2) is 8.45. The van der Waals surface area contributed by atoms with Gasteiger partial charge >= 0.3 is 0 Å². The van der Waals surface area contributed by atoms with Crippen molar-refractivity contribution in [1.82, 2.24) is 5.32 Å². The van der Waals surface area contributed by atoms with Crippen molar-refractivity contribution in [3.63, 3.8) is 0 Å². The second-order valence-electron chi connectivity index (χ2n) is 7.53. The average Bonchev–Trinajstić information content (AvgIpc) is 3.11. The molecule has 4 N–H and O–H groups in total. The lowest BCUT2D eigenvalue weighted by Gasteiger charge is -2.18. The van der Waals surface area contributed by atoms with Crippen LogP contribution in [0.25, 0.3) is 10.8 Å². The SMILES string of the molecule is NCC(NC(=O)CCCc1ccc2c(c1)CC(=O)N2)c1ccc2ccccc2c1. The molecule has 0 aromatic heterocycles.